The molecule has 126 valence electrons. The van der Waals surface area contributed by atoms with Crippen LogP contribution in [0.5, 0.6) is 5.75 Å². The summed E-state index contributed by atoms with van der Waals surface area (Å²) in [5.41, 5.74) is 2.28. The highest BCUT2D eigenvalue weighted by atomic mass is 32.1. The van der Waals surface area contributed by atoms with Gasteiger partial charge in [-0.15, -0.1) is 0 Å². The molecular weight excluding hydrogens is 323 g/mol. The Morgan fingerprint density at radius 2 is 2.00 bits per heavy atom. The van der Waals surface area contributed by atoms with Crippen LogP contribution < -0.4 is 15.4 Å². The lowest BCUT2D eigenvalue weighted by molar-refractivity contribution is 0.0696. The highest BCUT2D eigenvalue weighted by Gasteiger charge is 2.34. The summed E-state index contributed by atoms with van der Waals surface area (Å²) in [6.45, 7) is 6.15. The SMILES string of the molecule is Cc1ccc2c(c1)OC(C)(C)CC2NC(=S)Nc1ccccc1F. The van der Waals surface area contributed by atoms with Crippen LogP contribution in [0.2, 0.25) is 0 Å². The molecule has 0 fully saturated rings. The van der Waals surface area contributed by atoms with Crippen LogP contribution >= 0.6 is 12.2 Å². The van der Waals surface area contributed by atoms with Gasteiger partial charge in [-0.2, -0.15) is 0 Å². The van der Waals surface area contributed by atoms with Gasteiger partial charge in [0, 0.05) is 12.0 Å². The van der Waals surface area contributed by atoms with Crippen LogP contribution in [0.3, 0.4) is 0 Å². The predicted molar refractivity (Wildman–Crippen MR) is 99.0 cm³/mol. The monoisotopic (exact) mass is 344 g/mol. The summed E-state index contributed by atoms with van der Waals surface area (Å²) in [7, 11) is 0. The Balaban J connectivity index is 1.79. The number of hydrogen-bond acceptors (Lipinski definition) is 2. The molecule has 0 aliphatic carbocycles. The van der Waals surface area contributed by atoms with Crippen molar-refractivity contribution < 1.29 is 9.13 Å². The third-order valence-electron chi connectivity index (χ3n) is 4.05. The number of aryl methyl sites for hydroxylation is 1. The molecule has 3 rings (SSSR count). The van der Waals surface area contributed by atoms with E-state index in [2.05, 4.69) is 36.6 Å². The van der Waals surface area contributed by atoms with E-state index < -0.39 is 0 Å². The normalized spacial score (nSPS) is 18.2. The average Bonchev–Trinajstić information content (AvgIpc) is 2.48. The number of rotatable bonds is 2. The van der Waals surface area contributed by atoms with E-state index in [0.717, 1.165) is 23.3 Å². The molecule has 3 nitrogen and oxygen atoms in total. The van der Waals surface area contributed by atoms with Gasteiger partial charge in [0.25, 0.3) is 0 Å². The number of nitrogens with one attached hydrogen (secondary N) is 2. The van der Waals surface area contributed by atoms with E-state index in [1.165, 1.54) is 6.07 Å². The van der Waals surface area contributed by atoms with Gasteiger partial charge in [-0.25, -0.2) is 4.39 Å². The molecule has 0 bridgehead atoms. The fraction of sp³-hybridized carbons (Fsp3) is 0.316. The van der Waals surface area contributed by atoms with Crippen LogP contribution in [0.15, 0.2) is 42.5 Å². The topological polar surface area (TPSA) is 33.3 Å². The quantitative estimate of drug-likeness (QED) is 0.772. The van der Waals surface area contributed by atoms with Crippen LogP contribution in [0.1, 0.15) is 37.4 Å². The predicted octanol–water partition coefficient (Wildman–Crippen LogP) is 4.72. The number of halogens is 1. The van der Waals surface area contributed by atoms with E-state index in [1.54, 1.807) is 18.2 Å². The second kappa shape index (κ2) is 6.40. The molecule has 0 amide bonds. The van der Waals surface area contributed by atoms with Gasteiger partial charge in [-0.05, 0) is 56.8 Å². The van der Waals surface area contributed by atoms with E-state index in [4.69, 9.17) is 17.0 Å². The zero-order chi connectivity index (χ0) is 17.3. The average molecular weight is 344 g/mol. The molecule has 0 radical (unpaired) electrons. The zero-order valence-corrected chi connectivity index (χ0v) is 14.8. The molecule has 1 aliphatic rings. The molecule has 1 aliphatic heterocycles. The Morgan fingerprint density at radius 1 is 1.25 bits per heavy atom. The maximum Gasteiger partial charge on any atom is 0.171 e. The van der Waals surface area contributed by atoms with Crippen molar-refractivity contribution in [2.45, 2.75) is 38.8 Å². The first-order valence-electron chi connectivity index (χ1n) is 7.96. The molecule has 24 heavy (non-hydrogen) atoms. The fourth-order valence-electron chi connectivity index (χ4n) is 2.97. The summed E-state index contributed by atoms with van der Waals surface area (Å²) >= 11 is 5.38. The van der Waals surface area contributed by atoms with Crippen LogP contribution in [0, 0.1) is 12.7 Å². The zero-order valence-electron chi connectivity index (χ0n) is 14.0. The standard InChI is InChI=1S/C19H21FN2OS/c1-12-8-9-13-16(11-19(2,3)23-17(13)10-12)22-18(24)21-15-7-5-4-6-14(15)20/h4-10,16H,11H2,1-3H3,(H2,21,22,24). The van der Waals surface area contributed by atoms with Crippen LogP contribution in [0.25, 0.3) is 0 Å². The molecule has 1 unspecified atom stereocenters. The second-order valence-electron chi connectivity index (χ2n) is 6.74. The van der Waals surface area contributed by atoms with Gasteiger partial charge < -0.3 is 15.4 Å². The van der Waals surface area contributed by atoms with Gasteiger partial charge in [-0.1, -0.05) is 24.3 Å². The lowest BCUT2D eigenvalue weighted by Crippen LogP contribution is -2.42. The van der Waals surface area contributed by atoms with E-state index >= 15 is 0 Å². The van der Waals surface area contributed by atoms with Crippen LogP contribution in [-0.4, -0.2) is 10.7 Å². The lowest BCUT2D eigenvalue weighted by Gasteiger charge is -2.38. The molecule has 5 heteroatoms. The van der Waals surface area contributed by atoms with Crippen LogP contribution in [-0.2, 0) is 0 Å². The molecule has 1 heterocycles. The van der Waals surface area contributed by atoms with Crippen molar-refractivity contribution in [2.75, 3.05) is 5.32 Å². The summed E-state index contributed by atoms with van der Waals surface area (Å²) in [6, 6.07) is 12.6. The maximum atomic E-state index is 13.8. The van der Waals surface area contributed by atoms with Gasteiger partial charge in [0.2, 0.25) is 0 Å². The molecule has 0 spiro atoms. The number of benzene rings is 2. The Labute approximate surface area is 147 Å². The summed E-state index contributed by atoms with van der Waals surface area (Å²) in [5, 5.41) is 6.63. The molecule has 0 saturated heterocycles. The van der Waals surface area contributed by atoms with Gasteiger partial charge >= 0.3 is 0 Å². The number of thiocarbonyl (C=S) groups is 1. The first-order chi connectivity index (χ1) is 11.3. The third kappa shape index (κ3) is 3.67. The van der Waals surface area contributed by atoms with Crippen molar-refractivity contribution in [3.8, 4) is 5.75 Å². The maximum absolute atomic E-state index is 13.8. The highest BCUT2D eigenvalue weighted by molar-refractivity contribution is 7.80. The second-order valence-corrected chi connectivity index (χ2v) is 7.15. The minimum Gasteiger partial charge on any atom is -0.487 e. The first kappa shape index (κ1) is 16.7. The Morgan fingerprint density at radius 3 is 2.75 bits per heavy atom. The molecule has 0 aromatic heterocycles. The van der Waals surface area contributed by atoms with Gasteiger partial charge in [0.1, 0.15) is 17.2 Å². The largest absolute Gasteiger partial charge is 0.487 e. The minimum atomic E-state index is -0.329. The Kier molecular flexibility index (Phi) is 4.45. The van der Waals surface area contributed by atoms with Gasteiger partial charge in [0.15, 0.2) is 5.11 Å². The summed E-state index contributed by atoms with van der Waals surface area (Å²) < 4.78 is 19.9. The van der Waals surface area contributed by atoms with Crippen molar-refractivity contribution >= 4 is 23.0 Å². The van der Waals surface area contributed by atoms with E-state index in [-0.39, 0.29) is 17.5 Å². The Hall–Kier alpha value is -2.14. The van der Waals surface area contributed by atoms with E-state index in [0.29, 0.717) is 10.8 Å². The van der Waals surface area contributed by atoms with Crippen molar-refractivity contribution in [1.82, 2.24) is 5.32 Å². The molecule has 2 N–H and O–H groups in total. The number of fused-ring (bicyclic) bond motifs is 1. The lowest BCUT2D eigenvalue weighted by atomic mass is 9.89. The van der Waals surface area contributed by atoms with Crippen molar-refractivity contribution in [3.05, 3.63) is 59.4 Å². The fourth-order valence-corrected chi connectivity index (χ4v) is 3.22. The Bertz CT molecular complexity index is 776. The molecule has 1 atom stereocenters. The molecule has 0 saturated carbocycles. The van der Waals surface area contributed by atoms with Crippen molar-refractivity contribution in [2.24, 2.45) is 0 Å². The first-order valence-corrected chi connectivity index (χ1v) is 8.36. The minimum absolute atomic E-state index is 0.0103. The molecular formula is C19H21FN2OS. The third-order valence-corrected chi connectivity index (χ3v) is 4.27. The highest BCUT2D eigenvalue weighted by Crippen LogP contribution is 2.39. The van der Waals surface area contributed by atoms with E-state index in [9.17, 15) is 4.39 Å². The van der Waals surface area contributed by atoms with Gasteiger partial charge in [-0.3, -0.25) is 0 Å². The number of anilines is 1. The van der Waals surface area contributed by atoms with Crippen LogP contribution in [0.4, 0.5) is 10.1 Å². The summed E-state index contributed by atoms with van der Waals surface area (Å²) in [6.07, 6.45) is 0.766. The van der Waals surface area contributed by atoms with E-state index in [1.807, 2.05) is 13.0 Å². The number of para-hydroxylation sites is 1. The molecule has 2 aromatic carbocycles. The van der Waals surface area contributed by atoms with Crippen molar-refractivity contribution in [3.63, 3.8) is 0 Å². The summed E-state index contributed by atoms with van der Waals surface area (Å²) in [4.78, 5) is 0. The number of hydrogen-bond donors (Lipinski definition) is 2. The molecule has 2 aromatic rings. The smallest absolute Gasteiger partial charge is 0.171 e. The van der Waals surface area contributed by atoms with Crippen molar-refractivity contribution in [1.29, 1.82) is 0 Å². The number of ether oxygens (including phenoxy) is 1. The van der Waals surface area contributed by atoms with Gasteiger partial charge in [0.05, 0.1) is 11.7 Å². The summed E-state index contributed by atoms with van der Waals surface area (Å²) in [5.74, 6) is 0.544.